The number of nitrogens with two attached hydrogens (primary N) is 1. The van der Waals surface area contributed by atoms with Crippen LogP contribution in [-0.4, -0.2) is 33.0 Å². The smallest absolute Gasteiger partial charge is 0.282 e. The van der Waals surface area contributed by atoms with Crippen LogP contribution in [0, 0.1) is 0 Å². The third-order valence-corrected chi connectivity index (χ3v) is 8.72. The van der Waals surface area contributed by atoms with Crippen molar-refractivity contribution in [3.63, 3.8) is 0 Å². The van der Waals surface area contributed by atoms with E-state index < -0.39 is 24.2 Å². The molecule has 8 nitrogen and oxygen atoms in total. The molecule has 0 saturated heterocycles. The van der Waals surface area contributed by atoms with Crippen LogP contribution in [-0.2, 0) is 12.8 Å². The minimum absolute atomic E-state index is 0. The zero-order valence-electron chi connectivity index (χ0n) is 28.9. The van der Waals surface area contributed by atoms with Gasteiger partial charge in [-0.25, -0.2) is 37.5 Å². The molecule has 0 atom stereocenters. The Morgan fingerprint density at radius 2 is 0.929 bits per heavy atom. The minimum Gasteiger partial charge on any atom is -0.457 e. The number of rotatable bonds is 12. The molecule has 0 bridgehead atoms. The normalized spacial score (nSPS) is 10.4. The molecule has 0 saturated carbocycles. The number of nitrogens with one attached hydrogen (secondary N) is 1. The van der Waals surface area contributed by atoms with Gasteiger partial charge in [0, 0.05) is 16.6 Å². The second-order valence-corrected chi connectivity index (χ2v) is 13.0. The molecule has 0 aliphatic heterocycles. The fraction of sp³-hybridized carbons (Fsp3) is 0.158. The lowest BCUT2D eigenvalue weighted by molar-refractivity contribution is 0.145. The van der Waals surface area contributed by atoms with E-state index in [0.717, 1.165) is 36.1 Å². The van der Waals surface area contributed by atoms with Crippen LogP contribution in [0.2, 0.25) is 25.2 Å². The number of aromatic nitrogens is 4. The van der Waals surface area contributed by atoms with Crippen molar-refractivity contribution < 1.29 is 27.0 Å². The second kappa shape index (κ2) is 23.8. The molecule has 0 unspecified atom stereocenters. The Balaban J connectivity index is 0.000000247. The van der Waals surface area contributed by atoms with E-state index in [1.807, 2.05) is 60.7 Å². The molecule has 6 rings (SSSR count). The third kappa shape index (κ3) is 15.1. The van der Waals surface area contributed by atoms with Crippen molar-refractivity contribution in [2.75, 3.05) is 18.4 Å². The van der Waals surface area contributed by atoms with Crippen LogP contribution in [0.5, 0.6) is 23.0 Å². The Morgan fingerprint density at radius 1 is 0.536 bits per heavy atom. The number of alkyl halides is 4. The Kier molecular flexibility index (Phi) is 19.7. The largest absolute Gasteiger partial charge is 0.457 e. The van der Waals surface area contributed by atoms with Gasteiger partial charge in [-0.1, -0.05) is 82.3 Å². The first-order chi connectivity index (χ1) is 26.4. The molecule has 2 heterocycles. The van der Waals surface area contributed by atoms with Crippen LogP contribution in [0.15, 0.2) is 110 Å². The fourth-order valence-corrected chi connectivity index (χ4v) is 5.21. The summed E-state index contributed by atoms with van der Waals surface area (Å²) in [5, 5.41) is 3.71. The van der Waals surface area contributed by atoms with Crippen molar-refractivity contribution in [1.29, 1.82) is 0 Å². The number of ether oxygens (including phenoxy) is 2. The van der Waals surface area contributed by atoms with Gasteiger partial charge in [-0.05, 0) is 103 Å². The zero-order chi connectivity index (χ0) is 39.7. The highest BCUT2D eigenvalue weighted by Gasteiger charge is 2.17. The van der Waals surface area contributed by atoms with Gasteiger partial charge in [0.15, 0.2) is 5.15 Å². The summed E-state index contributed by atoms with van der Waals surface area (Å²) in [5.41, 5.74) is 6.75. The first kappa shape index (κ1) is 46.2. The molecule has 3 N–H and O–H groups in total. The number of hydrogen-bond donors (Lipinski definition) is 2. The number of nitrogens with zero attached hydrogens (tertiary/aromatic N) is 4. The predicted molar refractivity (Wildman–Crippen MR) is 217 cm³/mol. The molecule has 0 aliphatic rings. The van der Waals surface area contributed by atoms with E-state index in [4.69, 9.17) is 73.2 Å². The van der Waals surface area contributed by atoms with Gasteiger partial charge in [0.1, 0.15) is 62.9 Å². The van der Waals surface area contributed by atoms with Gasteiger partial charge in [0.05, 0.1) is 0 Å². The predicted octanol–water partition coefficient (Wildman–Crippen LogP) is 12.9. The van der Waals surface area contributed by atoms with Gasteiger partial charge in [-0.2, -0.15) is 0 Å². The summed E-state index contributed by atoms with van der Waals surface area (Å²) >= 11 is 28.2. The van der Waals surface area contributed by atoms with E-state index in [1.165, 1.54) is 5.56 Å². The summed E-state index contributed by atoms with van der Waals surface area (Å²) < 4.78 is 60.9. The van der Waals surface area contributed by atoms with E-state index in [1.54, 1.807) is 36.4 Å². The summed E-state index contributed by atoms with van der Waals surface area (Å²) in [6.07, 6.45) is -1.90. The Labute approximate surface area is 351 Å². The molecule has 296 valence electrons. The fourth-order valence-electron chi connectivity index (χ4n) is 4.39. The zero-order valence-corrected chi connectivity index (χ0v) is 33.5. The highest BCUT2D eigenvalue weighted by Crippen LogP contribution is 2.30. The third-order valence-electron chi connectivity index (χ3n) is 7.09. The number of anilines is 1. The van der Waals surface area contributed by atoms with E-state index in [-0.39, 0.29) is 33.4 Å². The first-order valence-corrected chi connectivity index (χ1v) is 18.0. The molecule has 2 aromatic heterocycles. The lowest BCUT2D eigenvalue weighted by Gasteiger charge is -2.10. The lowest BCUT2D eigenvalue weighted by Crippen LogP contribution is -2.08. The van der Waals surface area contributed by atoms with Gasteiger partial charge in [0.2, 0.25) is 0 Å². The van der Waals surface area contributed by atoms with Gasteiger partial charge in [-0.15, -0.1) is 12.4 Å². The summed E-state index contributed by atoms with van der Waals surface area (Å²) in [5.74, 6) is 3.19. The first-order valence-electron chi connectivity index (χ1n) is 16.1. The van der Waals surface area contributed by atoms with Crippen molar-refractivity contribution in [3.05, 3.63) is 157 Å². The van der Waals surface area contributed by atoms with Crippen molar-refractivity contribution in [2.24, 2.45) is 5.73 Å². The minimum atomic E-state index is -2.74. The highest BCUT2D eigenvalue weighted by molar-refractivity contribution is 6.41. The van der Waals surface area contributed by atoms with Gasteiger partial charge in [0.25, 0.3) is 12.9 Å². The van der Waals surface area contributed by atoms with Crippen molar-refractivity contribution >= 4 is 76.2 Å². The molecular formula is C38H32Cl6F4N6O2. The average molecular weight is 893 g/mol. The monoisotopic (exact) mass is 890 g/mol. The van der Waals surface area contributed by atoms with Gasteiger partial charge in [-0.3, -0.25) is 0 Å². The molecule has 0 amide bonds. The molecular weight excluding hydrogens is 861 g/mol. The molecule has 6 aromatic rings. The van der Waals surface area contributed by atoms with E-state index in [9.17, 15) is 17.6 Å². The topological polar surface area (TPSA) is 108 Å². The molecule has 4 aromatic carbocycles. The van der Waals surface area contributed by atoms with Crippen molar-refractivity contribution in [2.45, 2.75) is 25.7 Å². The van der Waals surface area contributed by atoms with Crippen LogP contribution in [0.25, 0.3) is 0 Å². The summed E-state index contributed by atoms with van der Waals surface area (Å²) in [4.78, 5) is 14.1. The quantitative estimate of drug-likeness (QED) is 0.0924. The van der Waals surface area contributed by atoms with Crippen LogP contribution in [0.3, 0.4) is 0 Å². The molecule has 0 radical (unpaired) electrons. The molecule has 18 heteroatoms. The van der Waals surface area contributed by atoms with Gasteiger partial charge < -0.3 is 20.5 Å². The van der Waals surface area contributed by atoms with E-state index in [0.29, 0.717) is 41.1 Å². The van der Waals surface area contributed by atoms with Crippen LogP contribution < -0.4 is 20.5 Å². The summed E-state index contributed by atoms with van der Waals surface area (Å²) in [6, 6.07) is 29.9. The number of halogens is 10. The number of benzene rings is 4. The standard InChI is InChI=1S/C19H15Cl2F2N3O.C14H14ClNO.C5H2Cl2F2N2.ClH/c20-13-3-7-15(8-4-13)27-14-5-1-12(2-6-14)9-10-24-19-16(21)17(18(22)23)25-11-26-19;15-12-3-7-14(8-4-12)17-13-5-1-11(2-6-13)9-10-16;6-2-3(5(8)9)10-1-11-4(2)7;/h1-8,11,18H,9-10H2,(H,24,25,26);1-8H,9-10,16H2;1,5H;1H. The molecule has 0 spiro atoms. The lowest BCUT2D eigenvalue weighted by atomic mass is 10.1. The molecule has 56 heavy (non-hydrogen) atoms. The Hall–Kier alpha value is -4.14. The summed E-state index contributed by atoms with van der Waals surface area (Å²) in [7, 11) is 0. The van der Waals surface area contributed by atoms with Crippen molar-refractivity contribution in [1.82, 2.24) is 19.9 Å². The maximum atomic E-state index is 12.8. The Bertz CT molecular complexity index is 2070. The van der Waals surface area contributed by atoms with Crippen LogP contribution in [0.1, 0.15) is 35.4 Å². The van der Waals surface area contributed by atoms with E-state index in [2.05, 4.69) is 25.3 Å². The average Bonchev–Trinajstić information content (AvgIpc) is 3.17. The highest BCUT2D eigenvalue weighted by atomic mass is 35.5. The molecule has 0 fully saturated rings. The van der Waals surface area contributed by atoms with Crippen LogP contribution in [0.4, 0.5) is 23.4 Å². The maximum Gasteiger partial charge on any atom is 0.282 e. The number of hydrogen-bond acceptors (Lipinski definition) is 8. The summed E-state index contributed by atoms with van der Waals surface area (Å²) in [6.45, 7) is 1.15. The Morgan fingerprint density at radius 3 is 1.34 bits per heavy atom. The van der Waals surface area contributed by atoms with Crippen molar-refractivity contribution in [3.8, 4) is 23.0 Å². The van der Waals surface area contributed by atoms with E-state index >= 15 is 0 Å². The maximum absolute atomic E-state index is 12.8. The SMILES string of the molecule is Cl.FC(F)c1ncnc(Cl)c1Cl.FC(F)c1ncnc(NCCc2ccc(Oc3ccc(Cl)cc3)cc2)c1Cl.NCCc1ccc(Oc2ccc(Cl)cc2)cc1. The second-order valence-electron chi connectivity index (χ2n) is 11.0. The van der Waals surface area contributed by atoms with Crippen LogP contribution >= 0.6 is 70.4 Å². The molecule has 0 aliphatic carbocycles. The van der Waals surface area contributed by atoms with Gasteiger partial charge >= 0.3 is 0 Å².